The third kappa shape index (κ3) is 2.33. The molecule has 2 heterocycles. The maximum atomic E-state index is 12.6. The van der Waals surface area contributed by atoms with Crippen LogP contribution in [0.15, 0.2) is 27.5 Å². The lowest BCUT2D eigenvalue weighted by Gasteiger charge is -2.29. The Morgan fingerprint density at radius 2 is 2.00 bits per heavy atom. The zero-order valence-electron chi connectivity index (χ0n) is 11.7. The van der Waals surface area contributed by atoms with Gasteiger partial charge in [-0.05, 0) is 37.0 Å². The van der Waals surface area contributed by atoms with E-state index < -0.39 is 10.0 Å². The Hall–Kier alpha value is -1.40. The van der Waals surface area contributed by atoms with Gasteiger partial charge in [-0.1, -0.05) is 6.92 Å². The quantitative estimate of drug-likeness (QED) is 0.854. The second-order valence-corrected chi connectivity index (χ2v) is 7.39. The molecule has 0 saturated carbocycles. The van der Waals surface area contributed by atoms with E-state index in [1.807, 2.05) is 0 Å². The Morgan fingerprint density at radius 3 is 2.70 bits per heavy atom. The second kappa shape index (κ2) is 4.86. The average molecular weight is 294 g/mol. The third-order valence-electron chi connectivity index (χ3n) is 3.85. The van der Waals surface area contributed by atoms with Crippen LogP contribution < -0.4 is 0 Å². The first-order valence-electron chi connectivity index (χ1n) is 6.84. The maximum Gasteiger partial charge on any atom is 0.243 e. The first-order chi connectivity index (χ1) is 9.46. The Bertz CT molecular complexity index is 728. The highest BCUT2D eigenvalue weighted by molar-refractivity contribution is 7.89. The van der Waals surface area contributed by atoms with Crippen LogP contribution in [-0.2, 0) is 10.0 Å². The summed E-state index contributed by atoms with van der Waals surface area (Å²) in [6, 6.07) is 4.87. The molecule has 1 saturated heterocycles. The molecule has 0 N–H and O–H groups in total. The molecule has 1 aliphatic rings. The Kier molecular flexibility index (Phi) is 3.30. The highest BCUT2D eigenvalue weighted by atomic mass is 32.2. The summed E-state index contributed by atoms with van der Waals surface area (Å²) in [6.07, 6.45) is 1.84. The lowest BCUT2D eigenvalue weighted by atomic mass is 10.0. The van der Waals surface area contributed by atoms with Crippen LogP contribution in [0.2, 0.25) is 0 Å². The van der Waals surface area contributed by atoms with Crippen molar-refractivity contribution >= 4 is 21.1 Å². The Labute approximate surface area is 118 Å². The molecule has 3 rings (SSSR count). The van der Waals surface area contributed by atoms with Crippen LogP contribution >= 0.6 is 0 Å². The lowest BCUT2D eigenvalue weighted by Crippen LogP contribution is -2.37. The highest BCUT2D eigenvalue weighted by Crippen LogP contribution is 2.26. The molecular formula is C14H18N2O3S. The molecule has 0 bridgehead atoms. The number of aryl methyl sites for hydroxylation is 1. The van der Waals surface area contributed by atoms with Crippen molar-refractivity contribution < 1.29 is 12.8 Å². The SMILES string of the molecule is Cc1nc2cc(S(=O)(=O)N3CCC(C)CC3)ccc2o1. The van der Waals surface area contributed by atoms with Gasteiger partial charge >= 0.3 is 0 Å². The van der Waals surface area contributed by atoms with Crippen molar-refractivity contribution in [3.63, 3.8) is 0 Å². The molecule has 0 radical (unpaired) electrons. The van der Waals surface area contributed by atoms with Gasteiger partial charge in [-0.15, -0.1) is 0 Å². The predicted octanol–water partition coefficient (Wildman–Crippen LogP) is 2.56. The molecule has 5 nitrogen and oxygen atoms in total. The summed E-state index contributed by atoms with van der Waals surface area (Å²) < 4.78 is 32.2. The molecule has 2 aromatic rings. The Morgan fingerprint density at radius 1 is 1.30 bits per heavy atom. The first kappa shape index (κ1) is 13.6. The topological polar surface area (TPSA) is 63.4 Å². The van der Waals surface area contributed by atoms with Crippen molar-refractivity contribution in [2.75, 3.05) is 13.1 Å². The van der Waals surface area contributed by atoms with Gasteiger partial charge in [-0.25, -0.2) is 13.4 Å². The number of rotatable bonds is 2. The number of hydrogen-bond acceptors (Lipinski definition) is 4. The van der Waals surface area contributed by atoms with Gasteiger partial charge in [0.15, 0.2) is 11.5 Å². The molecule has 1 aromatic heterocycles. The summed E-state index contributed by atoms with van der Waals surface area (Å²) in [5.41, 5.74) is 1.21. The number of sulfonamides is 1. The summed E-state index contributed by atoms with van der Waals surface area (Å²) in [5, 5.41) is 0. The molecule has 1 aromatic carbocycles. The van der Waals surface area contributed by atoms with E-state index in [1.165, 1.54) is 0 Å². The summed E-state index contributed by atoms with van der Waals surface area (Å²) in [4.78, 5) is 4.49. The molecular weight excluding hydrogens is 276 g/mol. The largest absolute Gasteiger partial charge is 0.441 e. The fourth-order valence-corrected chi connectivity index (χ4v) is 4.05. The number of nitrogens with zero attached hydrogens (tertiary/aromatic N) is 2. The van der Waals surface area contributed by atoms with Gasteiger partial charge in [0.2, 0.25) is 10.0 Å². The van der Waals surface area contributed by atoms with E-state index in [-0.39, 0.29) is 0 Å². The number of piperidine rings is 1. The van der Waals surface area contributed by atoms with E-state index >= 15 is 0 Å². The standard InChI is InChI=1S/C14H18N2O3S/c1-10-5-7-16(8-6-10)20(17,18)12-3-4-14-13(9-12)15-11(2)19-14/h3-4,9-10H,5-8H2,1-2H3. The molecule has 1 fully saturated rings. The van der Waals surface area contributed by atoms with Gasteiger partial charge in [0.25, 0.3) is 0 Å². The normalized spacial score (nSPS) is 18.7. The van der Waals surface area contributed by atoms with Gasteiger partial charge in [0.05, 0.1) is 4.90 Å². The first-order valence-corrected chi connectivity index (χ1v) is 8.28. The number of aromatic nitrogens is 1. The molecule has 0 spiro atoms. The zero-order chi connectivity index (χ0) is 14.3. The molecule has 108 valence electrons. The number of hydrogen-bond donors (Lipinski definition) is 0. The van der Waals surface area contributed by atoms with Crippen LogP contribution in [-0.4, -0.2) is 30.8 Å². The van der Waals surface area contributed by atoms with Gasteiger partial charge < -0.3 is 4.42 Å². The minimum Gasteiger partial charge on any atom is -0.441 e. The summed E-state index contributed by atoms with van der Waals surface area (Å²) in [5.74, 6) is 1.14. The van der Waals surface area contributed by atoms with Crippen molar-refractivity contribution in [3.05, 3.63) is 24.1 Å². The van der Waals surface area contributed by atoms with Gasteiger partial charge in [0.1, 0.15) is 5.52 Å². The fraction of sp³-hybridized carbons (Fsp3) is 0.500. The Balaban J connectivity index is 1.96. The van der Waals surface area contributed by atoms with Crippen molar-refractivity contribution in [1.82, 2.24) is 9.29 Å². The molecule has 0 amide bonds. The molecule has 0 unspecified atom stereocenters. The lowest BCUT2D eigenvalue weighted by molar-refractivity contribution is 0.288. The van der Waals surface area contributed by atoms with Crippen LogP contribution in [0.25, 0.3) is 11.1 Å². The van der Waals surface area contributed by atoms with E-state index in [2.05, 4.69) is 11.9 Å². The maximum absolute atomic E-state index is 12.6. The minimum absolute atomic E-state index is 0.299. The molecule has 0 atom stereocenters. The zero-order valence-corrected chi connectivity index (χ0v) is 12.5. The minimum atomic E-state index is -3.42. The molecule has 20 heavy (non-hydrogen) atoms. The predicted molar refractivity (Wildman–Crippen MR) is 75.9 cm³/mol. The van der Waals surface area contributed by atoms with Crippen LogP contribution in [0.4, 0.5) is 0 Å². The van der Waals surface area contributed by atoms with E-state index in [0.717, 1.165) is 12.8 Å². The monoisotopic (exact) mass is 294 g/mol. The van der Waals surface area contributed by atoms with Crippen molar-refractivity contribution in [2.45, 2.75) is 31.6 Å². The highest BCUT2D eigenvalue weighted by Gasteiger charge is 2.28. The van der Waals surface area contributed by atoms with Crippen molar-refractivity contribution in [2.24, 2.45) is 5.92 Å². The van der Waals surface area contributed by atoms with Gasteiger partial charge in [-0.2, -0.15) is 4.31 Å². The van der Waals surface area contributed by atoms with Crippen LogP contribution in [0.3, 0.4) is 0 Å². The van der Waals surface area contributed by atoms with Crippen LogP contribution in [0.5, 0.6) is 0 Å². The van der Waals surface area contributed by atoms with Crippen molar-refractivity contribution in [3.8, 4) is 0 Å². The van der Waals surface area contributed by atoms with E-state index in [1.54, 1.807) is 29.4 Å². The van der Waals surface area contributed by atoms with Crippen molar-refractivity contribution in [1.29, 1.82) is 0 Å². The van der Waals surface area contributed by atoms with E-state index in [9.17, 15) is 8.42 Å². The van der Waals surface area contributed by atoms with Gasteiger partial charge in [0, 0.05) is 20.0 Å². The smallest absolute Gasteiger partial charge is 0.243 e. The van der Waals surface area contributed by atoms with E-state index in [4.69, 9.17) is 4.42 Å². The average Bonchev–Trinajstić information content (AvgIpc) is 2.78. The molecule has 1 aliphatic heterocycles. The number of fused-ring (bicyclic) bond motifs is 1. The second-order valence-electron chi connectivity index (χ2n) is 5.45. The molecule has 6 heteroatoms. The number of oxazole rings is 1. The summed E-state index contributed by atoms with van der Waals surface area (Å²) >= 11 is 0. The van der Waals surface area contributed by atoms with Gasteiger partial charge in [-0.3, -0.25) is 0 Å². The molecule has 0 aliphatic carbocycles. The van der Waals surface area contributed by atoms with E-state index in [0.29, 0.717) is 40.9 Å². The van der Waals surface area contributed by atoms with Crippen LogP contribution in [0.1, 0.15) is 25.7 Å². The van der Waals surface area contributed by atoms with Crippen LogP contribution in [0, 0.1) is 12.8 Å². The third-order valence-corrected chi connectivity index (χ3v) is 5.74. The summed E-state index contributed by atoms with van der Waals surface area (Å²) in [7, 11) is -3.42. The summed E-state index contributed by atoms with van der Waals surface area (Å²) in [6.45, 7) is 5.10. The number of benzene rings is 1. The fourth-order valence-electron chi connectivity index (χ4n) is 2.56.